The molecule has 0 saturated heterocycles. The fourth-order valence-corrected chi connectivity index (χ4v) is 3.41. The fourth-order valence-electron chi connectivity index (χ4n) is 2.52. The zero-order chi connectivity index (χ0) is 17.1. The summed E-state index contributed by atoms with van der Waals surface area (Å²) in [4.78, 5) is 0. The highest BCUT2D eigenvalue weighted by Gasteiger charge is 2.17. The Morgan fingerprint density at radius 3 is 2.48 bits per heavy atom. The number of thioether (sulfide) groups is 1. The second-order valence-electron chi connectivity index (χ2n) is 5.72. The van der Waals surface area contributed by atoms with Crippen LogP contribution in [0, 0.1) is 6.92 Å². The first-order valence-electron chi connectivity index (χ1n) is 7.97. The van der Waals surface area contributed by atoms with Crippen molar-refractivity contribution in [1.29, 1.82) is 0 Å². The Labute approximate surface area is 149 Å². The molecule has 0 amide bonds. The first kappa shape index (κ1) is 15.8. The molecule has 0 aliphatic carbocycles. The Morgan fingerprint density at radius 2 is 1.76 bits per heavy atom. The van der Waals surface area contributed by atoms with E-state index in [1.165, 1.54) is 11.1 Å². The van der Waals surface area contributed by atoms with Crippen LogP contribution >= 0.6 is 11.8 Å². The smallest absolute Gasteiger partial charge is 0.200 e. The number of benzene rings is 1. The lowest BCUT2D eigenvalue weighted by molar-refractivity contribution is 0.482. The normalized spacial score (nSPS) is 11.1. The van der Waals surface area contributed by atoms with Crippen LogP contribution in [0.4, 0.5) is 0 Å². The van der Waals surface area contributed by atoms with Crippen molar-refractivity contribution in [2.24, 2.45) is 0 Å². The lowest BCUT2D eigenvalue weighted by Crippen LogP contribution is -2.03. The van der Waals surface area contributed by atoms with Crippen LogP contribution < -0.4 is 0 Å². The van der Waals surface area contributed by atoms with Crippen LogP contribution in [-0.2, 0) is 12.3 Å². The molecule has 0 spiro atoms. The van der Waals surface area contributed by atoms with Crippen molar-refractivity contribution in [3.05, 3.63) is 77.9 Å². The van der Waals surface area contributed by atoms with Crippen LogP contribution in [0.1, 0.15) is 16.9 Å². The average molecular weight is 351 g/mol. The lowest BCUT2D eigenvalue weighted by Gasteiger charge is -2.07. The van der Waals surface area contributed by atoms with E-state index >= 15 is 0 Å². The number of hydrogen-bond donors (Lipinski definition) is 0. The summed E-state index contributed by atoms with van der Waals surface area (Å²) in [5.74, 6) is 3.08. The van der Waals surface area contributed by atoms with E-state index < -0.39 is 0 Å². The molecule has 4 aromatic rings. The molecule has 6 heteroatoms. The van der Waals surface area contributed by atoms with E-state index in [0.717, 1.165) is 16.7 Å². The predicted octanol–water partition coefficient (Wildman–Crippen LogP) is 4.78. The maximum Gasteiger partial charge on any atom is 0.200 e. The second-order valence-corrected chi connectivity index (χ2v) is 6.67. The van der Waals surface area contributed by atoms with Gasteiger partial charge in [0.25, 0.3) is 0 Å². The van der Waals surface area contributed by atoms with Crippen molar-refractivity contribution in [3.63, 3.8) is 0 Å². The van der Waals surface area contributed by atoms with E-state index in [9.17, 15) is 0 Å². The van der Waals surface area contributed by atoms with Crippen molar-refractivity contribution < 1.29 is 8.83 Å². The van der Waals surface area contributed by atoms with Crippen molar-refractivity contribution in [3.8, 4) is 11.6 Å². The molecule has 0 radical (unpaired) electrons. The van der Waals surface area contributed by atoms with Crippen molar-refractivity contribution in [2.45, 2.75) is 24.4 Å². The number of furan rings is 2. The molecule has 3 heterocycles. The molecule has 3 aromatic heterocycles. The van der Waals surface area contributed by atoms with E-state index in [4.69, 9.17) is 8.83 Å². The van der Waals surface area contributed by atoms with Gasteiger partial charge in [-0.2, -0.15) is 0 Å². The topological polar surface area (TPSA) is 57.0 Å². The van der Waals surface area contributed by atoms with Crippen LogP contribution in [0.5, 0.6) is 0 Å². The fraction of sp³-hybridized carbons (Fsp3) is 0.158. The minimum Gasteiger partial charge on any atom is -0.467 e. The van der Waals surface area contributed by atoms with Crippen LogP contribution in [0.3, 0.4) is 0 Å². The number of rotatable bonds is 6. The van der Waals surface area contributed by atoms with Gasteiger partial charge in [-0.15, -0.1) is 10.2 Å². The highest BCUT2D eigenvalue weighted by atomic mass is 32.2. The average Bonchev–Trinajstić information content (AvgIpc) is 3.37. The summed E-state index contributed by atoms with van der Waals surface area (Å²) < 4.78 is 13.0. The quantitative estimate of drug-likeness (QED) is 0.468. The summed E-state index contributed by atoms with van der Waals surface area (Å²) >= 11 is 1.65. The van der Waals surface area contributed by atoms with Gasteiger partial charge in [-0.05, 0) is 36.8 Å². The monoisotopic (exact) mass is 351 g/mol. The molecule has 0 fully saturated rings. The highest BCUT2D eigenvalue weighted by molar-refractivity contribution is 7.98. The van der Waals surface area contributed by atoms with Gasteiger partial charge >= 0.3 is 0 Å². The first-order chi connectivity index (χ1) is 12.3. The molecule has 0 aliphatic heterocycles. The Morgan fingerprint density at radius 1 is 0.960 bits per heavy atom. The Balaban J connectivity index is 1.61. The Bertz CT molecular complexity index is 926. The molecule has 4 rings (SSSR count). The number of nitrogens with zero attached hydrogens (tertiary/aromatic N) is 3. The number of hydrogen-bond acceptors (Lipinski definition) is 5. The van der Waals surface area contributed by atoms with E-state index in [1.807, 2.05) is 28.8 Å². The van der Waals surface area contributed by atoms with E-state index in [2.05, 4.69) is 41.4 Å². The summed E-state index contributed by atoms with van der Waals surface area (Å²) in [5.41, 5.74) is 2.51. The largest absolute Gasteiger partial charge is 0.467 e. The molecule has 25 heavy (non-hydrogen) atoms. The number of aromatic nitrogens is 3. The molecule has 0 saturated carbocycles. The summed E-state index contributed by atoms with van der Waals surface area (Å²) in [6.07, 6.45) is 3.31. The first-order valence-corrected chi connectivity index (χ1v) is 8.96. The van der Waals surface area contributed by atoms with Crippen molar-refractivity contribution in [2.75, 3.05) is 0 Å². The predicted molar refractivity (Wildman–Crippen MR) is 96.3 cm³/mol. The van der Waals surface area contributed by atoms with Gasteiger partial charge in [-0.25, -0.2) is 0 Å². The standard InChI is InChI=1S/C19H17N3O2S/c1-14-6-8-15(9-7-14)13-25-19-21-20-18(17-5-3-11-24-17)22(19)12-16-4-2-10-23-16/h2-11H,12-13H2,1H3. The van der Waals surface area contributed by atoms with Gasteiger partial charge in [0.15, 0.2) is 10.9 Å². The zero-order valence-corrected chi connectivity index (χ0v) is 14.6. The van der Waals surface area contributed by atoms with Gasteiger partial charge in [-0.3, -0.25) is 4.57 Å². The minimum atomic E-state index is 0.562. The Hall–Kier alpha value is -2.73. The van der Waals surface area contributed by atoms with Gasteiger partial charge in [0.2, 0.25) is 5.82 Å². The molecule has 0 unspecified atom stereocenters. The van der Waals surface area contributed by atoms with Gasteiger partial charge in [-0.1, -0.05) is 41.6 Å². The summed E-state index contributed by atoms with van der Waals surface area (Å²) in [7, 11) is 0. The SMILES string of the molecule is Cc1ccc(CSc2nnc(-c3ccco3)n2Cc2ccco2)cc1. The van der Waals surface area contributed by atoms with Crippen LogP contribution in [0.2, 0.25) is 0 Å². The van der Waals surface area contributed by atoms with Gasteiger partial charge in [0.1, 0.15) is 5.76 Å². The second kappa shape index (κ2) is 7.03. The number of aryl methyl sites for hydroxylation is 1. The lowest BCUT2D eigenvalue weighted by atomic mass is 10.2. The van der Waals surface area contributed by atoms with E-state index in [1.54, 1.807) is 24.3 Å². The van der Waals surface area contributed by atoms with Gasteiger partial charge in [0, 0.05) is 5.75 Å². The third-order valence-corrected chi connectivity index (χ3v) is 4.88. The Kier molecular flexibility index (Phi) is 4.43. The maximum absolute atomic E-state index is 5.51. The third-order valence-electron chi connectivity index (χ3n) is 3.84. The van der Waals surface area contributed by atoms with E-state index in [-0.39, 0.29) is 0 Å². The molecule has 0 bridgehead atoms. The zero-order valence-electron chi connectivity index (χ0n) is 13.8. The van der Waals surface area contributed by atoms with Crippen LogP contribution in [0.25, 0.3) is 11.6 Å². The summed E-state index contributed by atoms with van der Waals surface area (Å²) in [5, 5.41) is 9.52. The molecule has 0 aliphatic rings. The highest BCUT2D eigenvalue weighted by Crippen LogP contribution is 2.27. The molecule has 5 nitrogen and oxygen atoms in total. The summed E-state index contributed by atoms with van der Waals surface area (Å²) in [6, 6.07) is 16.1. The van der Waals surface area contributed by atoms with Crippen LogP contribution in [-0.4, -0.2) is 14.8 Å². The van der Waals surface area contributed by atoms with Crippen molar-refractivity contribution in [1.82, 2.24) is 14.8 Å². The van der Waals surface area contributed by atoms with Crippen LogP contribution in [0.15, 0.2) is 75.0 Å². The molecule has 0 N–H and O–H groups in total. The van der Waals surface area contributed by atoms with Gasteiger partial charge in [0.05, 0.1) is 19.1 Å². The molecular formula is C19H17N3O2S. The molecule has 1 aromatic carbocycles. The van der Waals surface area contributed by atoms with E-state index in [0.29, 0.717) is 18.1 Å². The molecule has 0 atom stereocenters. The van der Waals surface area contributed by atoms with Crippen molar-refractivity contribution >= 4 is 11.8 Å². The molecule has 126 valence electrons. The summed E-state index contributed by atoms with van der Waals surface area (Å²) in [6.45, 7) is 2.65. The minimum absolute atomic E-state index is 0.562. The maximum atomic E-state index is 5.51. The van der Waals surface area contributed by atoms with Gasteiger partial charge < -0.3 is 8.83 Å². The third kappa shape index (κ3) is 3.53. The molecular weight excluding hydrogens is 334 g/mol.